The monoisotopic (exact) mass is 248 g/mol. The van der Waals surface area contributed by atoms with Gasteiger partial charge in [0.05, 0.1) is 6.61 Å². The van der Waals surface area contributed by atoms with Crippen molar-refractivity contribution in [1.29, 1.82) is 0 Å². The molecule has 0 aromatic heterocycles. The van der Waals surface area contributed by atoms with E-state index in [1.54, 1.807) is 19.1 Å². The maximum Gasteiger partial charge on any atom is 0.313 e. The first-order chi connectivity index (χ1) is 8.52. The lowest BCUT2D eigenvalue weighted by Crippen LogP contribution is -2.11. The molecule has 3 heteroatoms. The highest BCUT2D eigenvalue weighted by atomic mass is 16.5. The number of carbonyl (C=O) groups is 2. The van der Waals surface area contributed by atoms with Crippen LogP contribution >= 0.6 is 0 Å². The summed E-state index contributed by atoms with van der Waals surface area (Å²) in [7, 11) is 0. The molecule has 0 atom stereocenters. The highest BCUT2D eigenvalue weighted by Crippen LogP contribution is 2.11. The van der Waals surface area contributed by atoms with E-state index in [1.165, 1.54) is 5.56 Å². The van der Waals surface area contributed by atoms with E-state index in [0.29, 0.717) is 18.1 Å². The lowest BCUT2D eigenvalue weighted by molar-refractivity contribution is -0.141. The molecule has 0 saturated carbocycles. The summed E-state index contributed by atoms with van der Waals surface area (Å²) in [5, 5.41) is 0. The number of benzene rings is 1. The van der Waals surface area contributed by atoms with Crippen LogP contribution in [0.3, 0.4) is 0 Å². The largest absolute Gasteiger partial charge is 0.466 e. The van der Waals surface area contributed by atoms with Crippen molar-refractivity contribution in [3.63, 3.8) is 0 Å². The first kappa shape index (κ1) is 14.4. The summed E-state index contributed by atoms with van der Waals surface area (Å²) < 4.78 is 4.75. The van der Waals surface area contributed by atoms with Crippen LogP contribution in [0.4, 0.5) is 0 Å². The molecule has 3 nitrogen and oxygen atoms in total. The van der Waals surface area contributed by atoms with Gasteiger partial charge in [-0.3, -0.25) is 9.59 Å². The average Bonchev–Trinajstić information content (AvgIpc) is 2.29. The van der Waals surface area contributed by atoms with Gasteiger partial charge >= 0.3 is 5.97 Å². The van der Waals surface area contributed by atoms with E-state index in [2.05, 4.69) is 13.8 Å². The Morgan fingerprint density at radius 3 is 2.28 bits per heavy atom. The van der Waals surface area contributed by atoms with Crippen molar-refractivity contribution in [2.75, 3.05) is 6.61 Å². The fraction of sp³-hybridized carbons (Fsp3) is 0.467. The van der Waals surface area contributed by atoms with Gasteiger partial charge in [0, 0.05) is 5.56 Å². The zero-order valence-corrected chi connectivity index (χ0v) is 11.2. The van der Waals surface area contributed by atoms with Gasteiger partial charge in [0.2, 0.25) is 0 Å². The van der Waals surface area contributed by atoms with Crippen LogP contribution in [0.15, 0.2) is 24.3 Å². The van der Waals surface area contributed by atoms with E-state index in [-0.39, 0.29) is 12.2 Å². The summed E-state index contributed by atoms with van der Waals surface area (Å²) in [5.41, 5.74) is 1.77. The Balaban J connectivity index is 2.61. The summed E-state index contributed by atoms with van der Waals surface area (Å²) in [6.07, 6.45) is 0.809. The molecule has 0 radical (unpaired) electrons. The van der Waals surface area contributed by atoms with Gasteiger partial charge in [-0.15, -0.1) is 0 Å². The Morgan fingerprint density at radius 1 is 1.17 bits per heavy atom. The average molecular weight is 248 g/mol. The van der Waals surface area contributed by atoms with Crippen molar-refractivity contribution in [2.24, 2.45) is 5.92 Å². The van der Waals surface area contributed by atoms with Gasteiger partial charge in [-0.25, -0.2) is 0 Å². The third kappa shape index (κ3) is 4.70. The standard InChI is InChI=1S/C15H20O3/c1-4-18-15(17)10-14(16)13-7-5-12(6-8-13)9-11(2)3/h5-8,11H,4,9-10H2,1-3H3. The highest BCUT2D eigenvalue weighted by molar-refractivity contribution is 6.05. The first-order valence-electron chi connectivity index (χ1n) is 6.30. The Kier molecular flexibility index (Phi) is 5.56. The molecular formula is C15H20O3. The van der Waals surface area contributed by atoms with E-state index in [0.717, 1.165) is 6.42 Å². The Labute approximate surface area is 108 Å². The molecule has 18 heavy (non-hydrogen) atoms. The summed E-state index contributed by atoms with van der Waals surface area (Å²) in [5.74, 6) is -0.0654. The van der Waals surface area contributed by atoms with E-state index in [1.807, 2.05) is 12.1 Å². The topological polar surface area (TPSA) is 43.4 Å². The number of ether oxygens (including phenoxy) is 1. The number of hydrogen-bond donors (Lipinski definition) is 0. The van der Waals surface area contributed by atoms with Crippen LogP contribution in [0.2, 0.25) is 0 Å². The fourth-order valence-electron chi connectivity index (χ4n) is 1.74. The Bertz CT molecular complexity index is 404. The van der Waals surface area contributed by atoms with E-state index >= 15 is 0 Å². The van der Waals surface area contributed by atoms with Crippen molar-refractivity contribution >= 4 is 11.8 Å². The third-order valence-corrected chi connectivity index (χ3v) is 2.53. The van der Waals surface area contributed by atoms with E-state index in [4.69, 9.17) is 4.74 Å². The molecule has 0 heterocycles. The zero-order valence-electron chi connectivity index (χ0n) is 11.2. The van der Waals surface area contributed by atoms with Gasteiger partial charge in [0.1, 0.15) is 6.42 Å². The molecule has 0 aliphatic carbocycles. The minimum atomic E-state index is -0.464. The van der Waals surface area contributed by atoms with Crippen LogP contribution in [0.5, 0.6) is 0 Å². The van der Waals surface area contributed by atoms with Gasteiger partial charge in [0.15, 0.2) is 5.78 Å². The molecule has 0 fully saturated rings. The molecule has 1 rings (SSSR count). The zero-order chi connectivity index (χ0) is 13.5. The van der Waals surface area contributed by atoms with Crippen LogP contribution < -0.4 is 0 Å². The number of rotatable bonds is 6. The van der Waals surface area contributed by atoms with E-state index < -0.39 is 5.97 Å². The van der Waals surface area contributed by atoms with Crippen molar-refractivity contribution in [3.05, 3.63) is 35.4 Å². The van der Waals surface area contributed by atoms with Crippen molar-refractivity contribution in [1.82, 2.24) is 0 Å². The second-order valence-electron chi connectivity index (χ2n) is 4.70. The Hall–Kier alpha value is -1.64. The molecule has 0 spiro atoms. The van der Waals surface area contributed by atoms with Crippen molar-refractivity contribution < 1.29 is 14.3 Å². The summed E-state index contributed by atoms with van der Waals surface area (Å²) in [6.45, 7) is 6.34. The maximum absolute atomic E-state index is 11.8. The fourth-order valence-corrected chi connectivity index (χ4v) is 1.74. The maximum atomic E-state index is 11.8. The number of Topliss-reactive ketones (excluding diaryl/α,β-unsaturated/α-hetero) is 1. The predicted octanol–water partition coefficient (Wildman–Crippen LogP) is 3.02. The van der Waals surface area contributed by atoms with Gasteiger partial charge in [0.25, 0.3) is 0 Å². The smallest absolute Gasteiger partial charge is 0.313 e. The molecule has 0 bridgehead atoms. The van der Waals surface area contributed by atoms with Crippen molar-refractivity contribution in [2.45, 2.75) is 33.6 Å². The molecule has 0 saturated heterocycles. The normalized spacial score (nSPS) is 10.4. The van der Waals surface area contributed by atoms with Crippen LogP contribution in [-0.2, 0) is 16.0 Å². The van der Waals surface area contributed by atoms with Crippen molar-refractivity contribution in [3.8, 4) is 0 Å². The molecule has 0 unspecified atom stereocenters. The van der Waals surface area contributed by atoms with Crippen LogP contribution in [0, 0.1) is 5.92 Å². The van der Waals surface area contributed by atoms with Gasteiger partial charge in [-0.1, -0.05) is 38.1 Å². The molecule has 0 aliphatic rings. The summed E-state index contributed by atoms with van der Waals surface area (Å²) in [4.78, 5) is 23.0. The minimum Gasteiger partial charge on any atom is -0.466 e. The van der Waals surface area contributed by atoms with Gasteiger partial charge < -0.3 is 4.74 Å². The van der Waals surface area contributed by atoms with Crippen LogP contribution in [0.1, 0.15) is 43.1 Å². The summed E-state index contributed by atoms with van der Waals surface area (Å²) >= 11 is 0. The molecular weight excluding hydrogens is 228 g/mol. The Morgan fingerprint density at radius 2 is 1.78 bits per heavy atom. The minimum absolute atomic E-state index is 0.183. The highest BCUT2D eigenvalue weighted by Gasteiger charge is 2.12. The number of hydrogen-bond acceptors (Lipinski definition) is 3. The van der Waals surface area contributed by atoms with E-state index in [9.17, 15) is 9.59 Å². The predicted molar refractivity (Wildman–Crippen MR) is 70.6 cm³/mol. The van der Waals surface area contributed by atoms with Crippen LogP contribution in [0.25, 0.3) is 0 Å². The number of carbonyl (C=O) groups excluding carboxylic acids is 2. The lowest BCUT2D eigenvalue weighted by Gasteiger charge is -2.06. The van der Waals surface area contributed by atoms with Gasteiger partial charge in [-0.05, 0) is 24.8 Å². The quantitative estimate of drug-likeness (QED) is 0.441. The second-order valence-corrected chi connectivity index (χ2v) is 4.70. The van der Waals surface area contributed by atoms with Gasteiger partial charge in [-0.2, -0.15) is 0 Å². The van der Waals surface area contributed by atoms with Crippen LogP contribution in [-0.4, -0.2) is 18.4 Å². The molecule has 0 aliphatic heterocycles. The number of ketones is 1. The third-order valence-electron chi connectivity index (χ3n) is 2.53. The molecule has 0 N–H and O–H groups in total. The molecule has 0 amide bonds. The molecule has 1 aromatic carbocycles. The lowest BCUT2D eigenvalue weighted by atomic mass is 10.00. The number of esters is 1. The molecule has 1 aromatic rings. The first-order valence-corrected chi connectivity index (χ1v) is 6.30. The molecule has 98 valence electrons. The second kappa shape index (κ2) is 6.94. The SMILES string of the molecule is CCOC(=O)CC(=O)c1ccc(CC(C)C)cc1. The summed E-state index contributed by atoms with van der Waals surface area (Å²) in [6, 6.07) is 7.44.